The molecular formula is C14H17N3O. The molecule has 0 fully saturated rings. The van der Waals surface area contributed by atoms with Crippen molar-refractivity contribution in [3.63, 3.8) is 0 Å². The molecule has 4 heteroatoms. The standard InChI is InChI=1S/C14H17N3O/c1-3-18-14-13(5-4-7-16-14)17-10-12-9-15-8-6-11(12)2/h4-9,17H,3,10H2,1-2H3. The summed E-state index contributed by atoms with van der Waals surface area (Å²) >= 11 is 0. The summed E-state index contributed by atoms with van der Waals surface area (Å²) in [6.45, 7) is 5.35. The number of pyridine rings is 2. The van der Waals surface area contributed by atoms with Gasteiger partial charge < -0.3 is 10.1 Å². The molecule has 2 aromatic rings. The minimum Gasteiger partial charge on any atom is -0.476 e. The molecule has 0 unspecified atom stereocenters. The second-order valence-corrected chi connectivity index (χ2v) is 3.94. The SMILES string of the molecule is CCOc1ncccc1NCc1cnccc1C. The molecule has 18 heavy (non-hydrogen) atoms. The van der Waals surface area contributed by atoms with Crippen molar-refractivity contribution in [2.45, 2.75) is 20.4 Å². The molecule has 0 aromatic carbocycles. The average molecular weight is 243 g/mol. The molecule has 0 amide bonds. The molecule has 2 heterocycles. The predicted octanol–water partition coefficient (Wildman–Crippen LogP) is 2.80. The molecule has 0 radical (unpaired) electrons. The van der Waals surface area contributed by atoms with Gasteiger partial charge in [-0.1, -0.05) is 0 Å². The van der Waals surface area contributed by atoms with E-state index in [-0.39, 0.29) is 0 Å². The van der Waals surface area contributed by atoms with Gasteiger partial charge in [0.1, 0.15) is 0 Å². The summed E-state index contributed by atoms with van der Waals surface area (Å²) in [6.07, 6.45) is 5.40. The van der Waals surface area contributed by atoms with E-state index in [1.807, 2.05) is 31.3 Å². The summed E-state index contributed by atoms with van der Waals surface area (Å²) in [7, 11) is 0. The highest BCUT2D eigenvalue weighted by Gasteiger charge is 2.04. The maximum atomic E-state index is 5.47. The van der Waals surface area contributed by atoms with E-state index in [2.05, 4.69) is 22.2 Å². The maximum Gasteiger partial charge on any atom is 0.237 e. The van der Waals surface area contributed by atoms with Gasteiger partial charge in [0, 0.05) is 25.1 Å². The van der Waals surface area contributed by atoms with Crippen LogP contribution in [0.25, 0.3) is 0 Å². The van der Waals surface area contributed by atoms with E-state index >= 15 is 0 Å². The number of anilines is 1. The Morgan fingerprint density at radius 3 is 2.94 bits per heavy atom. The van der Waals surface area contributed by atoms with Crippen molar-refractivity contribution in [3.8, 4) is 5.88 Å². The third-order valence-electron chi connectivity index (χ3n) is 2.67. The second-order valence-electron chi connectivity index (χ2n) is 3.94. The van der Waals surface area contributed by atoms with Crippen molar-refractivity contribution >= 4 is 5.69 Å². The van der Waals surface area contributed by atoms with Gasteiger partial charge in [-0.2, -0.15) is 0 Å². The smallest absolute Gasteiger partial charge is 0.237 e. The zero-order chi connectivity index (χ0) is 12.8. The molecule has 0 aliphatic heterocycles. The molecule has 0 spiro atoms. The minimum absolute atomic E-state index is 0.609. The zero-order valence-electron chi connectivity index (χ0n) is 10.7. The van der Waals surface area contributed by atoms with Gasteiger partial charge in [-0.25, -0.2) is 4.98 Å². The lowest BCUT2D eigenvalue weighted by atomic mass is 10.1. The molecular weight excluding hydrogens is 226 g/mol. The van der Waals surface area contributed by atoms with Crippen molar-refractivity contribution in [2.24, 2.45) is 0 Å². The fourth-order valence-corrected chi connectivity index (χ4v) is 1.65. The number of hydrogen-bond acceptors (Lipinski definition) is 4. The number of hydrogen-bond donors (Lipinski definition) is 1. The fourth-order valence-electron chi connectivity index (χ4n) is 1.65. The van der Waals surface area contributed by atoms with Crippen LogP contribution < -0.4 is 10.1 Å². The normalized spacial score (nSPS) is 10.1. The largest absolute Gasteiger partial charge is 0.476 e. The van der Waals surface area contributed by atoms with Crippen molar-refractivity contribution in [1.29, 1.82) is 0 Å². The Morgan fingerprint density at radius 2 is 2.17 bits per heavy atom. The first-order valence-electron chi connectivity index (χ1n) is 6.02. The maximum absolute atomic E-state index is 5.47. The van der Waals surface area contributed by atoms with E-state index in [1.54, 1.807) is 12.4 Å². The van der Waals surface area contributed by atoms with Crippen LogP contribution in [-0.4, -0.2) is 16.6 Å². The summed E-state index contributed by atoms with van der Waals surface area (Å²) < 4.78 is 5.47. The summed E-state index contributed by atoms with van der Waals surface area (Å²) in [4.78, 5) is 8.33. The summed E-state index contributed by atoms with van der Waals surface area (Å²) in [5.74, 6) is 0.640. The topological polar surface area (TPSA) is 47.0 Å². The van der Waals surface area contributed by atoms with E-state index in [4.69, 9.17) is 4.74 Å². The van der Waals surface area contributed by atoms with Crippen LogP contribution in [0, 0.1) is 6.92 Å². The summed E-state index contributed by atoms with van der Waals surface area (Å²) in [5, 5.41) is 3.33. The Bertz CT molecular complexity index is 514. The molecule has 2 aromatic heterocycles. The monoisotopic (exact) mass is 243 g/mol. The molecule has 0 bridgehead atoms. The first-order valence-corrected chi connectivity index (χ1v) is 6.02. The van der Waals surface area contributed by atoms with Crippen LogP contribution in [0.15, 0.2) is 36.8 Å². The molecule has 0 aliphatic rings. The lowest BCUT2D eigenvalue weighted by Gasteiger charge is -2.11. The number of aromatic nitrogens is 2. The molecule has 2 rings (SSSR count). The Morgan fingerprint density at radius 1 is 1.28 bits per heavy atom. The minimum atomic E-state index is 0.609. The highest BCUT2D eigenvalue weighted by Crippen LogP contribution is 2.21. The number of nitrogens with zero attached hydrogens (tertiary/aromatic N) is 2. The highest BCUT2D eigenvalue weighted by atomic mass is 16.5. The fraction of sp³-hybridized carbons (Fsp3) is 0.286. The molecule has 0 saturated heterocycles. The lowest BCUT2D eigenvalue weighted by Crippen LogP contribution is -2.05. The van der Waals surface area contributed by atoms with Gasteiger partial charge in [-0.3, -0.25) is 4.98 Å². The van der Waals surface area contributed by atoms with Gasteiger partial charge in [0.15, 0.2) is 0 Å². The summed E-state index contributed by atoms with van der Waals surface area (Å²) in [6, 6.07) is 5.86. The molecule has 0 atom stereocenters. The van der Waals surface area contributed by atoms with E-state index in [0.29, 0.717) is 19.0 Å². The Labute approximate surface area is 107 Å². The molecule has 94 valence electrons. The van der Waals surface area contributed by atoms with Gasteiger partial charge >= 0.3 is 0 Å². The molecule has 1 N–H and O–H groups in total. The molecule has 0 saturated carbocycles. The van der Waals surface area contributed by atoms with Crippen LogP contribution in [0.5, 0.6) is 5.88 Å². The zero-order valence-corrected chi connectivity index (χ0v) is 10.7. The van der Waals surface area contributed by atoms with Crippen LogP contribution in [0.3, 0.4) is 0 Å². The Balaban J connectivity index is 2.08. The van der Waals surface area contributed by atoms with E-state index in [1.165, 1.54) is 11.1 Å². The quantitative estimate of drug-likeness (QED) is 0.877. The number of rotatable bonds is 5. The predicted molar refractivity (Wildman–Crippen MR) is 71.7 cm³/mol. The summed E-state index contributed by atoms with van der Waals surface area (Å²) in [5.41, 5.74) is 3.30. The van der Waals surface area contributed by atoms with Gasteiger partial charge in [0.25, 0.3) is 0 Å². The van der Waals surface area contributed by atoms with Gasteiger partial charge in [0.2, 0.25) is 5.88 Å². The van der Waals surface area contributed by atoms with Crippen molar-refractivity contribution < 1.29 is 4.74 Å². The van der Waals surface area contributed by atoms with Crippen LogP contribution >= 0.6 is 0 Å². The lowest BCUT2D eigenvalue weighted by molar-refractivity contribution is 0.328. The van der Waals surface area contributed by atoms with E-state index in [9.17, 15) is 0 Å². The molecule has 4 nitrogen and oxygen atoms in total. The van der Waals surface area contributed by atoms with Crippen LogP contribution in [0.4, 0.5) is 5.69 Å². The van der Waals surface area contributed by atoms with Gasteiger partial charge in [-0.05, 0) is 43.2 Å². The average Bonchev–Trinajstić information content (AvgIpc) is 2.40. The van der Waals surface area contributed by atoms with Gasteiger partial charge in [0.05, 0.1) is 12.3 Å². The van der Waals surface area contributed by atoms with Crippen LogP contribution in [-0.2, 0) is 6.54 Å². The molecule has 0 aliphatic carbocycles. The Hall–Kier alpha value is -2.10. The Kier molecular flexibility index (Phi) is 4.12. The van der Waals surface area contributed by atoms with Crippen molar-refractivity contribution in [2.75, 3.05) is 11.9 Å². The van der Waals surface area contributed by atoms with Crippen LogP contribution in [0.1, 0.15) is 18.1 Å². The first kappa shape index (κ1) is 12.4. The van der Waals surface area contributed by atoms with Crippen molar-refractivity contribution in [3.05, 3.63) is 47.9 Å². The second kappa shape index (κ2) is 6.00. The van der Waals surface area contributed by atoms with Crippen molar-refractivity contribution in [1.82, 2.24) is 9.97 Å². The number of aryl methyl sites for hydroxylation is 1. The van der Waals surface area contributed by atoms with E-state index < -0.39 is 0 Å². The van der Waals surface area contributed by atoms with Gasteiger partial charge in [-0.15, -0.1) is 0 Å². The van der Waals surface area contributed by atoms with Crippen LogP contribution in [0.2, 0.25) is 0 Å². The number of nitrogens with one attached hydrogen (secondary N) is 1. The third kappa shape index (κ3) is 2.97. The van der Waals surface area contributed by atoms with E-state index in [0.717, 1.165) is 5.69 Å². The third-order valence-corrected chi connectivity index (χ3v) is 2.67. The first-order chi connectivity index (χ1) is 8.81. The number of ether oxygens (including phenoxy) is 1. The highest BCUT2D eigenvalue weighted by molar-refractivity contribution is 5.52.